The van der Waals surface area contributed by atoms with Gasteiger partial charge in [-0.2, -0.15) is 0 Å². The lowest BCUT2D eigenvalue weighted by Gasteiger charge is -2.10. The minimum Gasteiger partial charge on any atom is -0.422 e. The first-order chi connectivity index (χ1) is 9.51. The molecule has 20 heavy (non-hydrogen) atoms. The molecule has 0 spiro atoms. The first kappa shape index (κ1) is 16.8. The van der Waals surface area contributed by atoms with Gasteiger partial charge in [-0.05, 0) is 18.2 Å². The van der Waals surface area contributed by atoms with Crippen molar-refractivity contribution in [3.8, 4) is 11.5 Å². The fraction of sp³-hybridized carbons (Fsp3) is 0.250. The molecule has 1 rings (SSSR count). The van der Waals surface area contributed by atoms with Crippen molar-refractivity contribution in [3.05, 3.63) is 23.8 Å². The molecule has 0 amide bonds. The number of rotatable bonds is 6. The highest BCUT2D eigenvalue weighted by Crippen LogP contribution is 2.29. The Morgan fingerprint density at radius 3 is 1.90 bits per heavy atom. The van der Waals surface area contributed by atoms with Crippen molar-refractivity contribution in [2.45, 2.75) is 0 Å². The lowest BCUT2D eigenvalue weighted by molar-refractivity contribution is -0.134. The van der Waals surface area contributed by atoms with Crippen molar-refractivity contribution in [1.82, 2.24) is 0 Å². The smallest absolute Gasteiger partial charge is 0.326 e. The molecule has 0 atom stereocenters. The average molecular weight is 340 g/mol. The summed E-state index contributed by atoms with van der Waals surface area (Å²) in [6, 6.07) is 3.94. The molecule has 0 unspecified atom stereocenters. The number of alkyl halides is 3. The molecule has 0 aliphatic carbocycles. The summed E-state index contributed by atoms with van der Waals surface area (Å²) in [5, 5.41) is 0. The minimum absolute atomic E-state index is 0.0414. The molecular weight excluding hydrogens is 330 g/mol. The predicted octanol–water partition coefficient (Wildman–Crippen LogP) is 2.40. The molecule has 8 heteroatoms. The Labute approximate surface area is 129 Å². The van der Waals surface area contributed by atoms with Gasteiger partial charge < -0.3 is 9.47 Å². The lowest BCUT2D eigenvalue weighted by Crippen LogP contribution is -2.14. The summed E-state index contributed by atoms with van der Waals surface area (Å²) >= 11 is 16.1. The van der Waals surface area contributed by atoms with E-state index in [0.717, 1.165) is 0 Å². The van der Waals surface area contributed by atoms with Crippen LogP contribution in [-0.4, -0.2) is 35.4 Å². The van der Waals surface area contributed by atoms with Gasteiger partial charge in [0.1, 0.15) is 11.8 Å². The van der Waals surface area contributed by atoms with E-state index < -0.39 is 17.8 Å². The van der Waals surface area contributed by atoms with Gasteiger partial charge in [-0.1, -0.05) is 0 Å². The topological polar surface area (TPSA) is 69.7 Å². The van der Waals surface area contributed by atoms with Gasteiger partial charge in [-0.15, -0.1) is 34.8 Å². The number of carbonyl (C=O) groups is 3. The van der Waals surface area contributed by atoms with Gasteiger partial charge in [0.05, 0.1) is 5.88 Å². The molecule has 1 aromatic rings. The quantitative estimate of drug-likeness (QED) is 0.344. The minimum atomic E-state index is -0.759. The SMILES string of the molecule is O=C(CCl)Oc1ccc(C(=O)CCl)cc1OC(=O)CCl. The van der Waals surface area contributed by atoms with E-state index in [1.807, 2.05) is 0 Å². The zero-order chi connectivity index (χ0) is 15.1. The van der Waals surface area contributed by atoms with E-state index in [4.69, 9.17) is 44.3 Å². The van der Waals surface area contributed by atoms with Gasteiger partial charge in [-0.3, -0.25) is 14.4 Å². The zero-order valence-electron chi connectivity index (χ0n) is 10.0. The zero-order valence-corrected chi connectivity index (χ0v) is 12.3. The lowest BCUT2D eigenvalue weighted by atomic mass is 10.1. The summed E-state index contributed by atoms with van der Waals surface area (Å²) in [6.45, 7) is 0. The summed E-state index contributed by atoms with van der Waals surface area (Å²) in [4.78, 5) is 33.8. The van der Waals surface area contributed by atoms with Crippen LogP contribution in [0.15, 0.2) is 18.2 Å². The van der Waals surface area contributed by atoms with Gasteiger partial charge in [0.15, 0.2) is 17.3 Å². The highest BCUT2D eigenvalue weighted by molar-refractivity contribution is 6.30. The molecule has 5 nitrogen and oxygen atoms in total. The molecule has 0 N–H and O–H groups in total. The number of halogens is 3. The van der Waals surface area contributed by atoms with Crippen LogP contribution in [0.1, 0.15) is 10.4 Å². The van der Waals surface area contributed by atoms with Crippen LogP contribution in [0.3, 0.4) is 0 Å². The van der Waals surface area contributed by atoms with Crippen molar-refractivity contribution in [3.63, 3.8) is 0 Å². The van der Waals surface area contributed by atoms with E-state index in [1.165, 1.54) is 18.2 Å². The van der Waals surface area contributed by atoms with Crippen LogP contribution in [0.5, 0.6) is 11.5 Å². The Morgan fingerprint density at radius 2 is 1.40 bits per heavy atom. The molecule has 0 heterocycles. The van der Waals surface area contributed by atoms with Crippen molar-refractivity contribution in [2.75, 3.05) is 17.6 Å². The number of benzene rings is 1. The summed E-state index contributed by atoms with van der Waals surface area (Å²) < 4.78 is 9.76. The Morgan fingerprint density at radius 1 is 0.850 bits per heavy atom. The molecule has 0 aromatic heterocycles. The molecule has 0 saturated carbocycles. The highest BCUT2D eigenvalue weighted by atomic mass is 35.5. The maximum atomic E-state index is 11.5. The first-order valence-corrected chi connectivity index (χ1v) is 6.88. The fourth-order valence-electron chi connectivity index (χ4n) is 1.22. The number of ether oxygens (including phenoxy) is 2. The number of carbonyl (C=O) groups excluding carboxylic acids is 3. The van der Waals surface area contributed by atoms with Crippen LogP contribution >= 0.6 is 34.8 Å². The number of hydrogen-bond donors (Lipinski definition) is 0. The van der Waals surface area contributed by atoms with E-state index in [1.54, 1.807) is 0 Å². The van der Waals surface area contributed by atoms with Gasteiger partial charge >= 0.3 is 11.9 Å². The van der Waals surface area contributed by atoms with Crippen LogP contribution in [0.2, 0.25) is 0 Å². The molecule has 0 aliphatic rings. The summed E-state index contributed by atoms with van der Waals surface area (Å²) in [7, 11) is 0. The highest BCUT2D eigenvalue weighted by Gasteiger charge is 2.16. The number of hydrogen-bond acceptors (Lipinski definition) is 5. The third-order valence-corrected chi connectivity index (χ3v) is 2.73. The summed E-state index contributed by atoms with van der Waals surface area (Å²) in [6.07, 6.45) is 0. The van der Waals surface area contributed by atoms with Crippen molar-refractivity contribution >= 4 is 52.5 Å². The van der Waals surface area contributed by atoms with Crippen molar-refractivity contribution in [1.29, 1.82) is 0 Å². The number of Topliss-reactive ketones (excluding diaryl/α,β-unsaturated/α-hetero) is 1. The normalized spacial score (nSPS) is 9.95. The largest absolute Gasteiger partial charge is 0.422 e. The maximum Gasteiger partial charge on any atom is 0.326 e. The van der Waals surface area contributed by atoms with Gasteiger partial charge in [0.25, 0.3) is 0 Å². The van der Waals surface area contributed by atoms with Crippen molar-refractivity contribution < 1.29 is 23.9 Å². The molecule has 0 radical (unpaired) electrons. The first-order valence-electron chi connectivity index (χ1n) is 5.28. The third-order valence-electron chi connectivity index (χ3n) is 2.05. The Kier molecular flexibility index (Phi) is 6.78. The second kappa shape index (κ2) is 8.09. The van der Waals surface area contributed by atoms with E-state index in [0.29, 0.717) is 0 Å². The Hall–Kier alpha value is -1.30. The Balaban J connectivity index is 3.12. The van der Waals surface area contributed by atoms with E-state index in [-0.39, 0.29) is 34.6 Å². The standard InChI is InChI=1S/C12H9Cl3O5/c13-4-8(16)7-1-2-9(19-11(17)5-14)10(3-7)20-12(18)6-15/h1-3H,4-6H2. The Bertz CT molecular complexity index is 530. The molecule has 0 saturated heterocycles. The van der Waals surface area contributed by atoms with Gasteiger partial charge in [-0.25, -0.2) is 0 Å². The van der Waals surface area contributed by atoms with Crippen LogP contribution in [0, 0.1) is 0 Å². The molecule has 1 aromatic carbocycles. The summed E-state index contributed by atoms with van der Waals surface area (Å²) in [5.74, 6) is -3.00. The summed E-state index contributed by atoms with van der Waals surface area (Å²) in [5.41, 5.74) is 0.211. The molecular formula is C12H9Cl3O5. The second-order valence-electron chi connectivity index (χ2n) is 3.43. The van der Waals surface area contributed by atoms with Gasteiger partial charge in [0.2, 0.25) is 0 Å². The predicted molar refractivity (Wildman–Crippen MR) is 74.2 cm³/mol. The number of ketones is 1. The molecule has 108 valence electrons. The van der Waals surface area contributed by atoms with Crippen LogP contribution in [0.25, 0.3) is 0 Å². The van der Waals surface area contributed by atoms with Crippen LogP contribution in [0.4, 0.5) is 0 Å². The van der Waals surface area contributed by atoms with Crippen molar-refractivity contribution in [2.24, 2.45) is 0 Å². The third kappa shape index (κ3) is 4.67. The van der Waals surface area contributed by atoms with E-state index >= 15 is 0 Å². The van der Waals surface area contributed by atoms with Crippen LogP contribution in [-0.2, 0) is 9.59 Å². The van der Waals surface area contributed by atoms with Gasteiger partial charge in [0, 0.05) is 5.56 Å². The van der Waals surface area contributed by atoms with Crippen LogP contribution < -0.4 is 9.47 Å². The molecule has 0 bridgehead atoms. The average Bonchev–Trinajstić information content (AvgIpc) is 2.47. The second-order valence-corrected chi connectivity index (χ2v) is 4.24. The monoisotopic (exact) mass is 338 g/mol. The molecule has 0 fully saturated rings. The maximum absolute atomic E-state index is 11.5. The fourth-order valence-corrected chi connectivity index (χ4v) is 1.49. The molecule has 0 aliphatic heterocycles. The van der Waals surface area contributed by atoms with E-state index in [2.05, 4.69) is 0 Å². The number of esters is 2. The van der Waals surface area contributed by atoms with E-state index in [9.17, 15) is 14.4 Å².